The monoisotopic (exact) mass is 295 g/mol. The molecule has 2 aromatic rings. The molecule has 0 aromatic heterocycles. The highest BCUT2D eigenvalue weighted by molar-refractivity contribution is 5.80. The number of nitrogens with zero attached hydrogens (tertiary/aromatic N) is 1. The Balaban J connectivity index is 2.16. The Morgan fingerprint density at radius 1 is 0.909 bits per heavy atom. The van der Waals surface area contributed by atoms with E-state index < -0.39 is 0 Å². The molecule has 0 amide bonds. The van der Waals surface area contributed by atoms with Gasteiger partial charge in [0.15, 0.2) is 5.96 Å². The Morgan fingerprint density at radius 2 is 1.41 bits per heavy atom. The van der Waals surface area contributed by atoms with Gasteiger partial charge in [0.1, 0.15) is 0 Å². The molecule has 3 heteroatoms. The van der Waals surface area contributed by atoms with E-state index >= 15 is 0 Å². The average molecular weight is 295 g/mol. The summed E-state index contributed by atoms with van der Waals surface area (Å²) in [5, 5.41) is 6.76. The van der Waals surface area contributed by atoms with Crippen molar-refractivity contribution in [3.63, 3.8) is 0 Å². The molecule has 0 heterocycles. The Labute approximate surface area is 133 Å². The van der Waals surface area contributed by atoms with Crippen molar-refractivity contribution in [2.45, 2.75) is 25.8 Å². The highest BCUT2D eigenvalue weighted by Gasteiger charge is 2.14. The summed E-state index contributed by atoms with van der Waals surface area (Å²) in [6, 6.07) is 21.5. The maximum atomic E-state index is 4.28. The molecule has 0 saturated carbocycles. The van der Waals surface area contributed by atoms with Crippen molar-refractivity contribution < 1.29 is 0 Å². The van der Waals surface area contributed by atoms with E-state index in [9.17, 15) is 0 Å². The highest BCUT2D eigenvalue weighted by atomic mass is 15.2. The number of aliphatic imine (C=N–C) groups is 1. The fourth-order valence-corrected chi connectivity index (χ4v) is 2.47. The molecule has 2 aromatic carbocycles. The molecule has 0 bridgehead atoms. The standard InChI is InChI=1S/C19H25N3/c1-15(2)22-19(20-3)21-14-18(16-10-6-4-7-11-16)17-12-8-5-9-13-17/h4-13,15,18H,14H2,1-3H3,(H2,20,21,22). The lowest BCUT2D eigenvalue weighted by molar-refractivity contribution is 0.679. The summed E-state index contributed by atoms with van der Waals surface area (Å²) in [4.78, 5) is 4.28. The van der Waals surface area contributed by atoms with Gasteiger partial charge >= 0.3 is 0 Å². The molecule has 0 atom stereocenters. The van der Waals surface area contributed by atoms with Crippen molar-refractivity contribution in [2.24, 2.45) is 4.99 Å². The van der Waals surface area contributed by atoms with Crippen LogP contribution in [0.4, 0.5) is 0 Å². The van der Waals surface area contributed by atoms with Crippen LogP contribution in [0.2, 0.25) is 0 Å². The van der Waals surface area contributed by atoms with E-state index in [4.69, 9.17) is 0 Å². The third-order valence-electron chi connectivity index (χ3n) is 3.53. The van der Waals surface area contributed by atoms with Crippen molar-refractivity contribution in [1.29, 1.82) is 0 Å². The van der Waals surface area contributed by atoms with Crippen molar-refractivity contribution in [3.05, 3.63) is 71.8 Å². The second-order valence-corrected chi connectivity index (χ2v) is 5.63. The molecule has 116 valence electrons. The molecule has 22 heavy (non-hydrogen) atoms. The minimum absolute atomic E-state index is 0.299. The van der Waals surface area contributed by atoms with Crippen molar-refractivity contribution in [1.82, 2.24) is 10.6 Å². The molecule has 0 spiro atoms. The lowest BCUT2D eigenvalue weighted by Crippen LogP contribution is -2.42. The Kier molecular flexibility index (Phi) is 6.01. The normalized spacial score (nSPS) is 11.8. The van der Waals surface area contributed by atoms with Gasteiger partial charge in [0.05, 0.1) is 0 Å². The summed E-state index contributed by atoms with van der Waals surface area (Å²) in [7, 11) is 1.80. The van der Waals surface area contributed by atoms with Crippen LogP contribution in [0.15, 0.2) is 65.7 Å². The molecule has 0 saturated heterocycles. The van der Waals surface area contributed by atoms with Gasteiger partial charge in [-0.25, -0.2) is 0 Å². The molecule has 0 fully saturated rings. The van der Waals surface area contributed by atoms with E-state index in [1.165, 1.54) is 11.1 Å². The first-order chi connectivity index (χ1) is 10.7. The third-order valence-corrected chi connectivity index (χ3v) is 3.53. The first-order valence-corrected chi connectivity index (χ1v) is 7.77. The second kappa shape index (κ2) is 8.23. The van der Waals surface area contributed by atoms with Gasteiger partial charge in [-0.15, -0.1) is 0 Å². The number of nitrogens with one attached hydrogen (secondary N) is 2. The van der Waals surface area contributed by atoms with Gasteiger partial charge in [0.2, 0.25) is 0 Å². The molecule has 0 radical (unpaired) electrons. The van der Waals surface area contributed by atoms with Crippen LogP contribution < -0.4 is 10.6 Å². The van der Waals surface area contributed by atoms with E-state index in [2.05, 4.69) is 90.1 Å². The van der Waals surface area contributed by atoms with Gasteiger partial charge in [-0.2, -0.15) is 0 Å². The first kappa shape index (κ1) is 16.1. The number of rotatable bonds is 5. The van der Waals surface area contributed by atoms with E-state index in [-0.39, 0.29) is 0 Å². The van der Waals surface area contributed by atoms with Gasteiger partial charge in [-0.3, -0.25) is 4.99 Å². The van der Waals surface area contributed by atoms with Gasteiger partial charge in [0.25, 0.3) is 0 Å². The average Bonchev–Trinajstić information content (AvgIpc) is 2.55. The molecular weight excluding hydrogens is 270 g/mol. The molecule has 0 aliphatic carbocycles. The van der Waals surface area contributed by atoms with Crippen LogP contribution >= 0.6 is 0 Å². The predicted octanol–water partition coefficient (Wildman–Crippen LogP) is 3.39. The van der Waals surface area contributed by atoms with Crippen LogP contribution in [-0.4, -0.2) is 25.6 Å². The van der Waals surface area contributed by atoms with E-state index in [0.29, 0.717) is 12.0 Å². The largest absolute Gasteiger partial charge is 0.355 e. The molecule has 3 nitrogen and oxygen atoms in total. The zero-order valence-corrected chi connectivity index (χ0v) is 13.6. The molecular formula is C19H25N3. The Morgan fingerprint density at radius 3 is 1.82 bits per heavy atom. The van der Waals surface area contributed by atoms with Crippen LogP contribution in [-0.2, 0) is 0 Å². The van der Waals surface area contributed by atoms with Crippen molar-refractivity contribution in [2.75, 3.05) is 13.6 Å². The minimum Gasteiger partial charge on any atom is -0.355 e. The lowest BCUT2D eigenvalue weighted by atomic mass is 9.91. The summed E-state index contributed by atoms with van der Waals surface area (Å²) >= 11 is 0. The quantitative estimate of drug-likeness (QED) is 0.655. The van der Waals surface area contributed by atoms with E-state index in [0.717, 1.165) is 12.5 Å². The van der Waals surface area contributed by atoms with Crippen LogP contribution in [0.5, 0.6) is 0 Å². The summed E-state index contributed by atoms with van der Waals surface area (Å²) in [6.45, 7) is 5.03. The van der Waals surface area contributed by atoms with E-state index in [1.54, 1.807) is 7.05 Å². The zero-order valence-electron chi connectivity index (χ0n) is 13.6. The smallest absolute Gasteiger partial charge is 0.191 e. The summed E-state index contributed by atoms with van der Waals surface area (Å²) in [6.07, 6.45) is 0. The molecule has 0 aliphatic heterocycles. The van der Waals surface area contributed by atoms with Gasteiger partial charge < -0.3 is 10.6 Å². The van der Waals surface area contributed by atoms with Gasteiger partial charge in [-0.1, -0.05) is 60.7 Å². The summed E-state index contributed by atoms with van der Waals surface area (Å²) < 4.78 is 0. The van der Waals surface area contributed by atoms with Crippen LogP contribution in [0.3, 0.4) is 0 Å². The number of benzene rings is 2. The van der Waals surface area contributed by atoms with Crippen LogP contribution in [0, 0.1) is 0 Å². The lowest BCUT2D eigenvalue weighted by Gasteiger charge is -2.21. The Bertz CT molecular complexity index is 537. The number of hydrogen-bond acceptors (Lipinski definition) is 1. The number of guanidine groups is 1. The van der Waals surface area contributed by atoms with Gasteiger partial charge in [0, 0.05) is 25.6 Å². The third kappa shape index (κ3) is 4.62. The number of hydrogen-bond donors (Lipinski definition) is 2. The van der Waals surface area contributed by atoms with Crippen molar-refractivity contribution in [3.8, 4) is 0 Å². The van der Waals surface area contributed by atoms with Gasteiger partial charge in [-0.05, 0) is 25.0 Å². The van der Waals surface area contributed by atoms with Crippen LogP contribution in [0.1, 0.15) is 30.9 Å². The molecule has 2 rings (SSSR count). The highest BCUT2D eigenvalue weighted by Crippen LogP contribution is 2.23. The molecule has 0 aliphatic rings. The summed E-state index contributed by atoms with van der Waals surface area (Å²) in [5.74, 6) is 1.14. The Hall–Kier alpha value is -2.29. The zero-order chi connectivity index (χ0) is 15.8. The second-order valence-electron chi connectivity index (χ2n) is 5.63. The fourth-order valence-electron chi connectivity index (χ4n) is 2.47. The maximum Gasteiger partial charge on any atom is 0.191 e. The topological polar surface area (TPSA) is 36.4 Å². The van der Waals surface area contributed by atoms with E-state index in [1.807, 2.05) is 0 Å². The van der Waals surface area contributed by atoms with Crippen molar-refractivity contribution >= 4 is 5.96 Å². The minimum atomic E-state index is 0.299. The molecule has 2 N–H and O–H groups in total. The molecule has 0 unspecified atom stereocenters. The SMILES string of the molecule is CN=C(NCC(c1ccccc1)c1ccccc1)NC(C)C. The maximum absolute atomic E-state index is 4.28. The first-order valence-electron chi connectivity index (χ1n) is 7.77. The summed E-state index contributed by atoms with van der Waals surface area (Å²) in [5.41, 5.74) is 2.61. The predicted molar refractivity (Wildman–Crippen MR) is 94.4 cm³/mol. The fraction of sp³-hybridized carbons (Fsp3) is 0.316. The van der Waals surface area contributed by atoms with Crippen LogP contribution in [0.25, 0.3) is 0 Å².